The Kier molecular flexibility index (Phi) is 3.65. The summed E-state index contributed by atoms with van der Waals surface area (Å²) < 4.78 is 24.9. The minimum Gasteiger partial charge on any atom is -0.260 e. The van der Waals surface area contributed by atoms with Crippen LogP contribution in [-0.2, 0) is 10.0 Å². The van der Waals surface area contributed by atoms with E-state index in [1.807, 2.05) is 0 Å². The van der Waals surface area contributed by atoms with Crippen molar-refractivity contribution in [2.24, 2.45) is 0 Å². The largest absolute Gasteiger partial charge is 0.260 e. The normalized spacial score (nSPS) is 22.6. The van der Waals surface area contributed by atoms with Gasteiger partial charge in [0, 0.05) is 6.54 Å². The molecule has 0 spiro atoms. The van der Waals surface area contributed by atoms with Gasteiger partial charge in [-0.25, -0.2) is 13.4 Å². The summed E-state index contributed by atoms with van der Waals surface area (Å²) in [5.74, 6) is 0. The molecular weight excluding hydrogens is 262 g/mol. The third-order valence-corrected chi connectivity index (χ3v) is 4.32. The van der Waals surface area contributed by atoms with E-state index in [0.717, 1.165) is 19.3 Å². The van der Waals surface area contributed by atoms with Crippen molar-refractivity contribution in [3.8, 4) is 0 Å². The topological polar surface area (TPSA) is 63.2 Å². The zero-order valence-electron chi connectivity index (χ0n) is 9.50. The smallest absolute Gasteiger partial charge is 0.211 e. The standard InChI is InChI=1S/C10H14ClN3O2S/c1-17(15,16)14-5-3-2-4-9(14)8-6-12-7-10(11)13-8/h6-7,9H,2-5H2,1H3/t9-/m1/s1. The molecule has 1 saturated heterocycles. The molecule has 0 unspecified atom stereocenters. The van der Waals surface area contributed by atoms with E-state index in [9.17, 15) is 8.42 Å². The number of nitrogens with zero attached hydrogens (tertiary/aromatic N) is 3. The van der Waals surface area contributed by atoms with Crippen LogP contribution in [0.25, 0.3) is 0 Å². The van der Waals surface area contributed by atoms with Crippen molar-refractivity contribution >= 4 is 21.6 Å². The van der Waals surface area contributed by atoms with E-state index in [1.165, 1.54) is 16.8 Å². The molecule has 0 bridgehead atoms. The van der Waals surface area contributed by atoms with Crippen molar-refractivity contribution < 1.29 is 8.42 Å². The highest BCUT2D eigenvalue weighted by atomic mass is 35.5. The number of piperidine rings is 1. The van der Waals surface area contributed by atoms with Gasteiger partial charge in [-0.2, -0.15) is 4.31 Å². The highest BCUT2D eigenvalue weighted by Gasteiger charge is 2.31. The van der Waals surface area contributed by atoms with Crippen LogP contribution in [0.15, 0.2) is 12.4 Å². The average molecular weight is 276 g/mol. The Bertz CT molecular complexity index is 506. The molecule has 7 heteroatoms. The van der Waals surface area contributed by atoms with Crippen molar-refractivity contribution in [3.63, 3.8) is 0 Å². The van der Waals surface area contributed by atoms with E-state index >= 15 is 0 Å². The lowest BCUT2D eigenvalue weighted by molar-refractivity contribution is 0.252. The first-order valence-electron chi connectivity index (χ1n) is 5.43. The van der Waals surface area contributed by atoms with Gasteiger partial charge in [0.2, 0.25) is 10.0 Å². The molecule has 0 aromatic carbocycles. The van der Waals surface area contributed by atoms with Crippen molar-refractivity contribution in [1.82, 2.24) is 14.3 Å². The lowest BCUT2D eigenvalue weighted by Gasteiger charge is -2.32. The van der Waals surface area contributed by atoms with Crippen LogP contribution in [0.4, 0.5) is 0 Å². The van der Waals surface area contributed by atoms with Gasteiger partial charge in [-0.1, -0.05) is 18.0 Å². The lowest BCUT2D eigenvalue weighted by Crippen LogP contribution is -2.38. The third kappa shape index (κ3) is 2.94. The maximum absolute atomic E-state index is 11.7. The number of rotatable bonds is 2. The summed E-state index contributed by atoms with van der Waals surface area (Å²) >= 11 is 5.78. The molecule has 1 aromatic rings. The van der Waals surface area contributed by atoms with Gasteiger partial charge in [0.15, 0.2) is 0 Å². The van der Waals surface area contributed by atoms with E-state index in [1.54, 1.807) is 6.20 Å². The van der Waals surface area contributed by atoms with Crippen LogP contribution < -0.4 is 0 Å². The SMILES string of the molecule is CS(=O)(=O)N1CCCC[C@@H]1c1cncc(Cl)n1. The minimum atomic E-state index is -3.21. The van der Waals surface area contributed by atoms with E-state index in [0.29, 0.717) is 17.4 Å². The molecule has 1 atom stereocenters. The molecule has 1 aliphatic heterocycles. The fourth-order valence-electron chi connectivity index (χ4n) is 2.11. The Hall–Kier alpha value is -0.720. The molecule has 1 aromatic heterocycles. The number of halogens is 1. The predicted molar refractivity (Wildman–Crippen MR) is 65.2 cm³/mol. The van der Waals surface area contributed by atoms with Crippen LogP contribution in [0.3, 0.4) is 0 Å². The maximum Gasteiger partial charge on any atom is 0.211 e. The molecular formula is C10H14ClN3O2S. The molecule has 0 aliphatic carbocycles. The van der Waals surface area contributed by atoms with Crippen molar-refractivity contribution in [1.29, 1.82) is 0 Å². The quantitative estimate of drug-likeness (QED) is 0.823. The van der Waals surface area contributed by atoms with E-state index in [-0.39, 0.29) is 6.04 Å². The molecule has 0 N–H and O–H groups in total. The molecule has 2 rings (SSSR count). The highest BCUT2D eigenvalue weighted by Crippen LogP contribution is 2.31. The second-order valence-electron chi connectivity index (χ2n) is 4.15. The van der Waals surface area contributed by atoms with Gasteiger partial charge in [-0.05, 0) is 12.8 Å². The van der Waals surface area contributed by atoms with Gasteiger partial charge in [-0.3, -0.25) is 4.98 Å². The van der Waals surface area contributed by atoms with Crippen LogP contribution in [-0.4, -0.2) is 35.5 Å². The van der Waals surface area contributed by atoms with Crippen LogP contribution in [0.1, 0.15) is 31.0 Å². The van der Waals surface area contributed by atoms with Crippen molar-refractivity contribution in [3.05, 3.63) is 23.2 Å². The Morgan fingerprint density at radius 1 is 1.41 bits per heavy atom. The molecule has 2 heterocycles. The van der Waals surface area contributed by atoms with Crippen LogP contribution >= 0.6 is 11.6 Å². The predicted octanol–water partition coefficient (Wildman–Crippen LogP) is 1.62. The highest BCUT2D eigenvalue weighted by molar-refractivity contribution is 7.88. The van der Waals surface area contributed by atoms with Crippen LogP contribution in [0.2, 0.25) is 5.15 Å². The van der Waals surface area contributed by atoms with Crippen molar-refractivity contribution in [2.45, 2.75) is 25.3 Å². The molecule has 94 valence electrons. The first-order chi connectivity index (χ1) is 7.98. The molecule has 0 saturated carbocycles. The van der Waals surface area contributed by atoms with E-state index in [4.69, 9.17) is 11.6 Å². The maximum atomic E-state index is 11.7. The Balaban J connectivity index is 2.34. The number of sulfonamides is 1. The summed E-state index contributed by atoms with van der Waals surface area (Å²) in [7, 11) is -3.21. The van der Waals surface area contributed by atoms with E-state index < -0.39 is 10.0 Å². The van der Waals surface area contributed by atoms with Gasteiger partial charge in [-0.15, -0.1) is 0 Å². The average Bonchev–Trinajstić information content (AvgIpc) is 2.28. The van der Waals surface area contributed by atoms with Gasteiger partial charge in [0.1, 0.15) is 5.15 Å². The fourth-order valence-corrected chi connectivity index (χ4v) is 3.40. The van der Waals surface area contributed by atoms with Crippen LogP contribution in [0.5, 0.6) is 0 Å². The number of aromatic nitrogens is 2. The summed E-state index contributed by atoms with van der Waals surface area (Å²) in [4.78, 5) is 8.12. The Morgan fingerprint density at radius 2 is 2.18 bits per heavy atom. The molecule has 1 aliphatic rings. The summed E-state index contributed by atoms with van der Waals surface area (Å²) in [6.45, 7) is 0.539. The summed E-state index contributed by atoms with van der Waals surface area (Å²) in [6, 6.07) is -0.232. The summed E-state index contributed by atoms with van der Waals surface area (Å²) in [5, 5.41) is 0.293. The monoisotopic (exact) mass is 275 g/mol. The van der Waals surface area contributed by atoms with E-state index in [2.05, 4.69) is 9.97 Å². The second kappa shape index (κ2) is 4.88. The zero-order valence-corrected chi connectivity index (χ0v) is 11.1. The number of hydrogen-bond acceptors (Lipinski definition) is 4. The van der Waals surface area contributed by atoms with Crippen LogP contribution in [0, 0.1) is 0 Å². The molecule has 5 nitrogen and oxygen atoms in total. The fraction of sp³-hybridized carbons (Fsp3) is 0.600. The third-order valence-electron chi connectivity index (χ3n) is 2.84. The molecule has 0 radical (unpaired) electrons. The zero-order chi connectivity index (χ0) is 12.5. The Labute approximate surface area is 106 Å². The summed E-state index contributed by atoms with van der Waals surface area (Å²) in [5.41, 5.74) is 0.627. The first-order valence-corrected chi connectivity index (χ1v) is 7.65. The van der Waals surface area contributed by atoms with Crippen molar-refractivity contribution in [2.75, 3.05) is 12.8 Å². The first kappa shape index (κ1) is 12.7. The van der Waals surface area contributed by atoms with Gasteiger partial charge in [0.25, 0.3) is 0 Å². The lowest BCUT2D eigenvalue weighted by atomic mass is 10.0. The Morgan fingerprint density at radius 3 is 2.82 bits per heavy atom. The molecule has 1 fully saturated rings. The minimum absolute atomic E-state index is 0.232. The van der Waals surface area contributed by atoms with Gasteiger partial charge < -0.3 is 0 Å². The molecule has 17 heavy (non-hydrogen) atoms. The summed E-state index contributed by atoms with van der Waals surface area (Å²) in [6.07, 6.45) is 6.90. The molecule has 0 amide bonds. The van der Waals surface area contributed by atoms with Gasteiger partial charge in [0.05, 0.1) is 30.4 Å². The van der Waals surface area contributed by atoms with Gasteiger partial charge >= 0.3 is 0 Å². The second-order valence-corrected chi connectivity index (χ2v) is 6.47. The number of hydrogen-bond donors (Lipinski definition) is 0.